The molecule has 1 aromatic carbocycles. The fraction of sp³-hybridized carbons (Fsp3) is 0.471. The van der Waals surface area contributed by atoms with E-state index in [9.17, 15) is 0 Å². The quantitative estimate of drug-likeness (QED) is 0.909. The molecule has 1 aromatic heterocycles. The molecular weight excluding hydrogens is 246 g/mol. The molecule has 2 heterocycles. The molecule has 0 radical (unpaired) electrons. The molecule has 3 heteroatoms. The lowest BCUT2D eigenvalue weighted by Crippen LogP contribution is -2.42. The van der Waals surface area contributed by atoms with E-state index in [-0.39, 0.29) is 0 Å². The molecule has 1 fully saturated rings. The number of pyridine rings is 1. The second-order valence-corrected chi connectivity index (χ2v) is 6.05. The molecule has 0 aliphatic carbocycles. The Morgan fingerprint density at radius 1 is 1.25 bits per heavy atom. The predicted octanol–water partition coefficient (Wildman–Crippen LogP) is 3.32. The lowest BCUT2D eigenvalue weighted by atomic mass is 9.94. The van der Waals surface area contributed by atoms with E-state index in [1.807, 2.05) is 6.07 Å². The first kappa shape index (κ1) is 13.4. The van der Waals surface area contributed by atoms with Gasteiger partial charge in [0.05, 0.1) is 5.52 Å². The van der Waals surface area contributed by atoms with Crippen molar-refractivity contribution in [1.82, 2.24) is 4.98 Å². The Morgan fingerprint density at radius 2 is 2.05 bits per heavy atom. The lowest BCUT2D eigenvalue weighted by Gasteiger charge is -2.38. The van der Waals surface area contributed by atoms with Gasteiger partial charge in [-0.3, -0.25) is 0 Å². The predicted molar refractivity (Wildman–Crippen MR) is 84.8 cm³/mol. The van der Waals surface area contributed by atoms with Crippen LogP contribution in [0.5, 0.6) is 0 Å². The maximum Gasteiger partial charge on any atom is 0.134 e. The minimum Gasteiger partial charge on any atom is -0.353 e. The van der Waals surface area contributed by atoms with Gasteiger partial charge >= 0.3 is 0 Å². The number of hydrogen-bond donors (Lipinski definition) is 1. The normalized spacial score (nSPS) is 23.2. The summed E-state index contributed by atoms with van der Waals surface area (Å²) in [6.45, 7) is 6.25. The summed E-state index contributed by atoms with van der Waals surface area (Å²) in [7, 11) is 0. The Bertz CT molecular complexity index is 608. The number of piperidine rings is 1. The number of para-hydroxylation sites is 1. The van der Waals surface area contributed by atoms with Crippen LogP contribution in [-0.2, 0) is 6.54 Å². The van der Waals surface area contributed by atoms with Crippen molar-refractivity contribution in [2.75, 3.05) is 11.4 Å². The van der Waals surface area contributed by atoms with Crippen LogP contribution in [-0.4, -0.2) is 17.6 Å². The Morgan fingerprint density at radius 3 is 2.85 bits per heavy atom. The van der Waals surface area contributed by atoms with Gasteiger partial charge < -0.3 is 10.6 Å². The van der Waals surface area contributed by atoms with Crippen LogP contribution in [0.3, 0.4) is 0 Å². The minimum absolute atomic E-state index is 0.546. The smallest absolute Gasteiger partial charge is 0.134 e. The first-order valence-electron chi connectivity index (χ1n) is 7.54. The molecular formula is C17H23N3. The maximum atomic E-state index is 5.96. The largest absolute Gasteiger partial charge is 0.353 e. The van der Waals surface area contributed by atoms with E-state index in [4.69, 9.17) is 10.7 Å². The van der Waals surface area contributed by atoms with Gasteiger partial charge in [-0.2, -0.15) is 0 Å². The first-order chi connectivity index (χ1) is 9.69. The molecule has 0 amide bonds. The van der Waals surface area contributed by atoms with E-state index in [0.717, 1.165) is 29.4 Å². The second kappa shape index (κ2) is 5.41. The molecule has 2 unspecified atom stereocenters. The van der Waals surface area contributed by atoms with E-state index < -0.39 is 0 Å². The van der Waals surface area contributed by atoms with Gasteiger partial charge in [0.15, 0.2) is 0 Å². The molecule has 20 heavy (non-hydrogen) atoms. The zero-order valence-corrected chi connectivity index (χ0v) is 12.3. The van der Waals surface area contributed by atoms with Crippen molar-refractivity contribution in [2.45, 2.75) is 39.3 Å². The van der Waals surface area contributed by atoms with Crippen LogP contribution in [0.25, 0.3) is 10.9 Å². The first-order valence-corrected chi connectivity index (χ1v) is 7.54. The van der Waals surface area contributed by atoms with Gasteiger partial charge in [-0.25, -0.2) is 4.98 Å². The molecule has 0 saturated carbocycles. The van der Waals surface area contributed by atoms with Crippen LogP contribution >= 0.6 is 0 Å². The zero-order valence-electron chi connectivity index (χ0n) is 12.3. The molecule has 1 aliphatic heterocycles. The summed E-state index contributed by atoms with van der Waals surface area (Å²) >= 11 is 0. The summed E-state index contributed by atoms with van der Waals surface area (Å²) in [5.41, 5.74) is 8.18. The molecule has 1 aliphatic rings. The highest BCUT2D eigenvalue weighted by Crippen LogP contribution is 2.30. The van der Waals surface area contributed by atoms with Crippen LogP contribution < -0.4 is 10.6 Å². The molecule has 3 rings (SSSR count). The van der Waals surface area contributed by atoms with Crippen molar-refractivity contribution in [1.29, 1.82) is 0 Å². The molecule has 1 saturated heterocycles. The third-order valence-corrected chi connectivity index (χ3v) is 4.39. The van der Waals surface area contributed by atoms with Crippen molar-refractivity contribution in [2.24, 2.45) is 11.7 Å². The minimum atomic E-state index is 0.546. The van der Waals surface area contributed by atoms with Gasteiger partial charge in [0.25, 0.3) is 0 Å². The number of benzene rings is 1. The molecule has 2 N–H and O–H groups in total. The van der Waals surface area contributed by atoms with E-state index >= 15 is 0 Å². The topological polar surface area (TPSA) is 42.2 Å². The monoisotopic (exact) mass is 269 g/mol. The number of hydrogen-bond acceptors (Lipinski definition) is 3. The third kappa shape index (κ3) is 2.38. The van der Waals surface area contributed by atoms with Crippen LogP contribution in [0.4, 0.5) is 5.82 Å². The summed E-state index contributed by atoms with van der Waals surface area (Å²) in [5.74, 6) is 1.82. The number of nitrogens with two attached hydrogens (primary N) is 1. The van der Waals surface area contributed by atoms with Gasteiger partial charge in [0.1, 0.15) is 5.82 Å². The summed E-state index contributed by atoms with van der Waals surface area (Å²) in [6, 6.07) is 11.0. The van der Waals surface area contributed by atoms with Gasteiger partial charge in [-0.15, -0.1) is 0 Å². The fourth-order valence-corrected chi connectivity index (χ4v) is 3.13. The highest BCUT2D eigenvalue weighted by molar-refractivity contribution is 5.81. The summed E-state index contributed by atoms with van der Waals surface area (Å²) in [6.07, 6.45) is 2.54. The number of anilines is 1. The number of aromatic nitrogens is 1. The van der Waals surface area contributed by atoms with Crippen LogP contribution in [0.1, 0.15) is 32.3 Å². The maximum absolute atomic E-state index is 5.96. The number of rotatable bonds is 2. The Balaban J connectivity index is 2.08. The standard InChI is InChI=1S/C17H23N3/c1-12-7-8-13(2)20(11-12)17-15(10-18)9-14-5-3-4-6-16(14)19-17/h3-6,9,12-13H,7-8,10-11,18H2,1-2H3. The van der Waals surface area contributed by atoms with E-state index in [1.54, 1.807) is 0 Å². The van der Waals surface area contributed by atoms with Crippen molar-refractivity contribution in [3.63, 3.8) is 0 Å². The van der Waals surface area contributed by atoms with Gasteiger partial charge in [-0.05, 0) is 37.8 Å². The zero-order chi connectivity index (χ0) is 14.1. The highest BCUT2D eigenvalue weighted by atomic mass is 15.2. The van der Waals surface area contributed by atoms with Gasteiger partial charge in [0, 0.05) is 30.1 Å². The van der Waals surface area contributed by atoms with Crippen LogP contribution in [0.2, 0.25) is 0 Å². The lowest BCUT2D eigenvalue weighted by molar-refractivity contribution is 0.387. The van der Waals surface area contributed by atoms with E-state index in [2.05, 4.69) is 43.0 Å². The van der Waals surface area contributed by atoms with Crippen molar-refractivity contribution >= 4 is 16.7 Å². The molecule has 2 aromatic rings. The van der Waals surface area contributed by atoms with Crippen molar-refractivity contribution < 1.29 is 0 Å². The SMILES string of the molecule is CC1CCC(C)N(c2nc3ccccc3cc2CN)C1. The summed E-state index contributed by atoms with van der Waals surface area (Å²) < 4.78 is 0. The van der Waals surface area contributed by atoms with Crippen LogP contribution in [0.15, 0.2) is 30.3 Å². The Hall–Kier alpha value is -1.61. The molecule has 0 spiro atoms. The number of fused-ring (bicyclic) bond motifs is 1. The van der Waals surface area contributed by atoms with Crippen molar-refractivity contribution in [3.8, 4) is 0 Å². The second-order valence-electron chi connectivity index (χ2n) is 6.05. The van der Waals surface area contributed by atoms with Crippen molar-refractivity contribution in [3.05, 3.63) is 35.9 Å². The third-order valence-electron chi connectivity index (χ3n) is 4.39. The molecule has 106 valence electrons. The van der Waals surface area contributed by atoms with Gasteiger partial charge in [0.2, 0.25) is 0 Å². The fourth-order valence-electron chi connectivity index (χ4n) is 3.13. The molecule has 2 atom stereocenters. The number of nitrogens with zero attached hydrogens (tertiary/aromatic N) is 2. The highest BCUT2D eigenvalue weighted by Gasteiger charge is 2.25. The van der Waals surface area contributed by atoms with Crippen LogP contribution in [0, 0.1) is 5.92 Å². The Labute approximate surface area is 120 Å². The Kier molecular flexibility index (Phi) is 3.62. The summed E-state index contributed by atoms with van der Waals surface area (Å²) in [5, 5.41) is 1.18. The van der Waals surface area contributed by atoms with E-state index in [0.29, 0.717) is 12.6 Å². The van der Waals surface area contributed by atoms with Gasteiger partial charge in [-0.1, -0.05) is 25.1 Å². The van der Waals surface area contributed by atoms with E-state index in [1.165, 1.54) is 18.2 Å². The average molecular weight is 269 g/mol. The summed E-state index contributed by atoms with van der Waals surface area (Å²) in [4.78, 5) is 7.35. The molecule has 3 nitrogen and oxygen atoms in total. The average Bonchev–Trinajstić information content (AvgIpc) is 2.48. The molecule has 0 bridgehead atoms.